The van der Waals surface area contributed by atoms with Gasteiger partial charge in [0.1, 0.15) is 6.33 Å². The molecule has 18 heavy (non-hydrogen) atoms. The third-order valence-electron chi connectivity index (χ3n) is 2.55. The predicted octanol–water partition coefficient (Wildman–Crippen LogP) is 2.69. The van der Waals surface area contributed by atoms with Crippen LogP contribution in [0.4, 0.5) is 5.13 Å². The Kier molecular flexibility index (Phi) is 2.89. The summed E-state index contributed by atoms with van der Waals surface area (Å²) in [6, 6.07) is 5.68. The van der Waals surface area contributed by atoms with Crippen LogP contribution in [0.25, 0.3) is 10.2 Å². The Morgan fingerprint density at radius 1 is 1.44 bits per heavy atom. The maximum absolute atomic E-state index is 5.94. The molecule has 0 atom stereocenters. The van der Waals surface area contributed by atoms with Crippen LogP contribution in [0.3, 0.4) is 0 Å². The zero-order chi connectivity index (χ0) is 12.5. The number of thiazole rings is 1. The first-order chi connectivity index (χ1) is 8.72. The van der Waals surface area contributed by atoms with Gasteiger partial charge >= 0.3 is 0 Å². The van der Waals surface area contributed by atoms with E-state index in [2.05, 4.69) is 20.5 Å². The highest BCUT2D eigenvalue weighted by atomic mass is 35.5. The molecule has 5 nitrogen and oxygen atoms in total. The number of halogens is 1. The molecule has 1 aromatic carbocycles. The number of fused-ring (bicyclic) bond motifs is 1. The summed E-state index contributed by atoms with van der Waals surface area (Å²) in [5, 5.41) is 12.7. The number of nitrogens with one attached hydrogen (secondary N) is 1. The predicted molar refractivity (Wildman–Crippen MR) is 73.0 cm³/mol. The molecule has 3 aromatic rings. The molecule has 0 aliphatic rings. The van der Waals surface area contributed by atoms with E-state index in [9.17, 15) is 0 Å². The van der Waals surface area contributed by atoms with Gasteiger partial charge in [0.2, 0.25) is 0 Å². The first-order valence-electron chi connectivity index (χ1n) is 5.35. The van der Waals surface area contributed by atoms with Gasteiger partial charge in [0.05, 0.1) is 16.8 Å². The minimum absolute atomic E-state index is 0.601. The lowest BCUT2D eigenvalue weighted by Crippen LogP contribution is -2.05. The van der Waals surface area contributed by atoms with E-state index in [1.165, 1.54) is 0 Å². The fourth-order valence-electron chi connectivity index (χ4n) is 1.60. The second-order valence-electron chi connectivity index (χ2n) is 3.84. The number of rotatable bonds is 3. The second-order valence-corrected chi connectivity index (χ2v) is 5.31. The molecule has 0 saturated carbocycles. The van der Waals surface area contributed by atoms with Gasteiger partial charge in [-0.05, 0) is 18.2 Å². The van der Waals surface area contributed by atoms with Crippen molar-refractivity contribution in [1.29, 1.82) is 0 Å². The standard InChI is InChI=1S/C11H10ClN5S/c1-17-6-14-16-10(17)5-13-11-15-8-3-2-7(12)4-9(8)18-11/h2-4,6H,5H2,1H3,(H,13,15). The molecule has 0 aliphatic carbocycles. The molecule has 1 N–H and O–H groups in total. The highest BCUT2D eigenvalue weighted by Gasteiger charge is 2.05. The number of aromatic nitrogens is 4. The summed E-state index contributed by atoms with van der Waals surface area (Å²) in [7, 11) is 1.91. The normalized spacial score (nSPS) is 11.0. The molecule has 0 spiro atoms. The quantitative estimate of drug-likeness (QED) is 0.801. The average molecular weight is 280 g/mol. The van der Waals surface area contributed by atoms with Crippen molar-refractivity contribution < 1.29 is 0 Å². The lowest BCUT2D eigenvalue weighted by molar-refractivity contribution is 0.812. The van der Waals surface area contributed by atoms with Crippen molar-refractivity contribution in [1.82, 2.24) is 19.7 Å². The molecule has 0 amide bonds. The lowest BCUT2D eigenvalue weighted by Gasteiger charge is -2.00. The molecule has 2 aromatic heterocycles. The summed E-state index contributed by atoms with van der Waals surface area (Å²) in [4.78, 5) is 4.47. The van der Waals surface area contributed by atoms with Crippen molar-refractivity contribution in [3.05, 3.63) is 35.4 Å². The first kappa shape index (κ1) is 11.4. The Hall–Kier alpha value is -1.66. The maximum atomic E-state index is 5.94. The summed E-state index contributed by atoms with van der Waals surface area (Å²) in [5.41, 5.74) is 0.949. The van der Waals surface area contributed by atoms with E-state index in [0.717, 1.165) is 26.2 Å². The third-order valence-corrected chi connectivity index (χ3v) is 3.76. The Morgan fingerprint density at radius 2 is 2.33 bits per heavy atom. The van der Waals surface area contributed by atoms with Gasteiger partial charge in [0.25, 0.3) is 0 Å². The number of aryl methyl sites for hydroxylation is 1. The number of anilines is 1. The molecular weight excluding hydrogens is 270 g/mol. The van der Waals surface area contributed by atoms with Gasteiger partial charge in [-0.1, -0.05) is 22.9 Å². The van der Waals surface area contributed by atoms with E-state index in [-0.39, 0.29) is 0 Å². The monoisotopic (exact) mass is 279 g/mol. The smallest absolute Gasteiger partial charge is 0.184 e. The van der Waals surface area contributed by atoms with Gasteiger partial charge in [-0.15, -0.1) is 10.2 Å². The van der Waals surface area contributed by atoms with E-state index in [4.69, 9.17) is 11.6 Å². The van der Waals surface area contributed by atoms with Gasteiger partial charge in [0, 0.05) is 12.1 Å². The first-order valence-corrected chi connectivity index (χ1v) is 6.54. The molecule has 0 unspecified atom stereocenters. The van der Waals surface area contributed by atoms with Gasteiger partial charge in [-0.2, -0.15) is 0 Å². The Balaban J connectivity index is 1.81. The number of nitrogens with zero attached hydrogens (tertiary/aromatic N) is 4. The van der Waals surface area contributed by atoms with E-state index in [1.807, 2.05) is 29.8 Å². The minimum Gasteiger partial charge on any atom is -0.354 e. The molecule has 92 valence electrons. The molecule has 0 fully saturated rings. The second kappa shape index (κ2) is 4.55. The Bertz CT molecular complexity index is 690. The zero-order valence-corrected chi connectivity index (χ0v) is 11.2. The van der Waals surface area contributed by atoms with E-state index in [0.29, 0.717) is 6.54 Å². The Labute approximate surface area is 112 Å². The van der Waals surface area contributed by atoms with E-state index < -0.39 is 0 Å². The SMILES string of the molecule is Cn1cnnc1CNc1nc2ccc(Cl)cc2s1. The van der Waals surface area contributed by atoms with Crippen LogP contribution in [-0.4, -0.2) is 19.7 Å². The molecule has 2 heterocycles. The fraction of sp³-hybridized carbons (Fsp3) is 0.182. The van der Waals surface area contributed by atoms with Crippen molar-refractivity contribution in [3.8, 4) is 0 Å². The van der Waals surface area contributed by atoms with Crippen LogP contribution in [-0.2, 0) is 13.6 Å². The van der Waals surface area contributed by atoms with Crippen LogP contribution in [0, 0.1) is 0 Å². The molecule has 0 saturated heterocycles. The van der Waals surface area contributed by atoms with Gasteiger partial charge < -0.3 is 9.88 Å². The molecule has 0 aliphatic heterocycles. The zero-order valence-electron chi connectivity index (χ0n) is 9.59. The van der Waals surface area contributed by atoms with E-state index in [1.54, 1.807) is 17.7 Å². The highest BCUT2D eigenvalue weighted by Crippen LogP contribution is 2.28. The van der Waals surface area contributed by atoms with Crippen LogP contribution in [0.15, 0.2) is 24.5 Å². The summed E-state index contributed by atoms with van der Waals surface area (Å²) in [5.74, 6) is 0.868. The molecular formula is C11H10ClN5S. The minimum atomic E-state index is 0.601. The molecule has 7 heteroatoms. The van der Waals surface area contributed by atoms with E-state index >= 15 is 0 Å². The largest absolute Gasteiger partial charge is 0.354 e. The summed E-state index contributed by atoms with van der Waals surface area (Å²) < 4.78 is 2.94. The number of hydrogen-bond acceptors (Lipinski definition) is 5. The van der Waals surface area contributed by atoms with Gasteiger partial charge in [-0.25, -0.2) is 4.98 Å². The summed E-state index contributed by atoms with van der Waals surface area (Å²) in [6.07, 6.45) is 1.68. The van der Waals surface area contributed by atoms with Crippen molar-refractivity contribution in [2.24, 2.45) is 7.05 Å². The third kappa shape index (κ3) is 2.16. The molecule has 0 radical (unpaired) electrons. The van der Waals surface area contributed by atoms with Gasteiger partial charge in [0.15, 0.2) is 11.0 Å². The Morgan fingerprint density at radius 3 is 3.11 bits per heavy atom. The van der Waals surface area contributed by atoms with Crippen molar-refractivity contribution in [3.63, 3.8) is 0 Å². The number of hydrogen-bond donors (Lipinski definition) is 1. The number of benzene rings is 1. The van der Waals surface area contributed by atoms with Gasteiger partial charge in [-0.3, -0.25) is 0 Å². The summed E-state index contributed by atoms with van der Waals surface area (Å²) >= 11 is 7.52. The molecule has 3 rings (SSSR count). The summed E-state index contributed by atoms with van der Waals surface area (Å²) in [6.45, 7) is 0.601. The molecule has 0 bridgehead atoms. The fourth-order valence-corrected chi connectivity index (χ4v) is 2.73. The topological polar surface area (TPSA) is 55.6 Å². The van der Waals surface area contributed by atoms with Crippen molar-refractivity contribution in [2.45, 2.75) is 6.54 Å². The van der Waals surface area contributed by atoms with Crippen molar-refractivity contribution in [2.75, 3.05) is 5.32 Å². The lowest BCUT2D eigenvalue weighted by atomic mass is 10.3. The average Bonchev–Trinajstić information content (AvgIpc) is 2.92. The van der Waals surface area contributed by atoms with Crippen LogP contribution < -0.4 is 5.32 Å². The van der Waals surface area contributed by atoms with Crippen molar-refractivity contribution >= 4 is 38.3 Å². The van der Waals surface area contributed by atoms with Crippen LogP contribution in [0.2, 0.25) is 5.02 Å². The van der Waals surface area contributed by atoms with Crippen LogP contribution in [0.1, 0.15) is 5.82 Å². The van der Waals surface area contributed by atoms with Crippen LogP contribution >= 0.6 is 22.9 Å². The maximum Gasteiger partial charge on any atom is 0.184 e. The highest BCUT2D eigenvalue weighted by molar-refractivity contribution is 7.22. The van der Waals surface area contributed by atoms with Crippen LogP contribution in [0.5, 0.6) is 0 Å².